The van der Waals surface area contributed by atoms with Crippen LogP contribution in [0.1, 0.15) is 5.56 Å². The Morgan fingerprint density at radius 3 is 2.71 bits per heavy atom. The minimum absolute atomic E-state index is 0.0290. The van der Waals surface area contributed by atoms with Crippen LogP contribution in [0.15, 0.2) is 17.3 Å². The van der Waals surface area contributed by atoms with Gasteiger partial charge in [-0.15, -0.1) is 0 Å². The second-order valence-corrected chi connectivity index (χ2v) is 3.57. The summed E-state index contributed by atoms with van der Waals surface area (Å²) < 4.78 is 38.0. The molecule has 7 heteroatoms. The van der Waals surface area contributed by atoms with Gasteiger partial charge in [-0.2, -0.15) is 13.7 Å². The fraction of sp³-hybridized carbons (Fsp3) is 0.143. The second kappa shape index (κ2) is 3.59. The predicted molar refractivity (Wildman–Crippen MR) is 43.8 cm³/mol. The van der Waals surface area contributed by atoms with Crippen LogP contribution in [0.5, 0.6) is 5.75 Å². The smallest absolute Gasteiger partial charge is 0.349 e. The fourth-order valence-corrected chi connectivity index (χ4v) is 1.23. The summed E-state index contributed by atoms with van der Waals surface area (Å²) in [6.07, 6.45) is 0.936. The number of aromatic nitrogens is 1. The zero-order valence-electron chi connectivity index (χ0n) is 7.06. The van der Waals surface area contributed by atoms with Gasteiger partial charge in [0, 0.05) is 6.07 Å². The molecule has 0 spiro atoms. The van der Waals surface area contributed by atoms with E-state index >= 15 is 0 Å². The summed E-state index contributed by atoms with van der Waals surface area (Å²) in [5, 5.41) is 7.76. The number of hydrogen-bond acceptors (Lipinski definition) is 5. The Bertz CT molecular complexity index is 492. The highest BCUT2D eigenvalue weighted by molar-refractivity contribution is 7.86. The van der Waals surface area contributed by atoms with E-state index in [-0.39, 0.29) is 11.3 Å². The summed E-state index contributed by atoms with van der Waals surface area (Å²) in [6, 6.07) is 2.58. The first-order valence-corrected chi connectivity index (χ1v) is 4.76. The van der Waals surface area contributed by atoms with Crippen molar-refractivity contribution >= 4 is 10.2 Å². The number of pyridine rings is 1. The molecule has 0 unspecified atom stereocenters. The third-order valence-electron chi connectivity index (χ3n) is 1.43. The van der Waals surface area contributed by atoms with Gasteiger partial charge in [0.1, 0.15) is 17.4 Å². The van der Waals surface area contributed by atoms with Crippen LogP contribution in [-0.4, -0.2) is 20.5 Å². The first kappa shape index (κ1) is 10.4. The van der Waals surface area contributed by atoms with E-state index in [0.29, 0.717) is 0 Å². The normalized spacial score (nSPS) is 10.6. The van der Waals surface area contributed by atoms with Crippen LogP contribution in [0, 0.1) is 11.3 Å². The zero-order chi connectivity index (χ0) is 10.8. The number of nitrogens with zero attached hydrogens (tertiary/aromatic N) is 2. The predicted octanol–water partition coefficient (Wildman–Crippen LogP) is 0.620. The fourth-order valence-electron chi connectivity index (χ4n) is 0.805. The van der Waals surface area contributed by atoms with Gasteiger partial charge in [-0.1, -0.05) is 3.89 Å². The molecule has 1 aromatic rings. The number of halogens is 1. The average molecular weight is 216 g/mol. The van der Waals surface area contributed by atoms with Crippen LogP contribution in [0.4, 0.5) is 3.89 Å². The Kier molecular flexibility index (Phi) is 2.67. The number of nitriles is 1. The van der Waals surface area contributed by atoms with E-state index in [2.05, 4.69) is 9.72 Å². The standard InChI is InChI=1S/C7H5FN2O3S/c1-13-6-2-7(14(8,11)12)10-4-5(6)3-9/h2,4H,1H3. The maximum absolute atomic E-state index is 12.4. The Morgan fingerprint density at radius 2 is 2.29 bits per heavy atom. The minimum Gasteiger partial charge on any atom is -0.495 e. The highest BCUT2D eigenvalue weighted by Gasteiger charge is 2.16. The van der Waals surface area contributed by atoms with E-state index in [1.165, 1.54) is 7.11 Å². The molecule has 14 heavy (non-hydrogen) atoms. The molecular weight excluding hydrogens is 211 g/mol. The van der Waals surface area contributed by atoms with Gasteiger partial charge < -0.3 is 4.74 Å². The molecule has 0 aliphatic carbocycles. The maximum Gasteiger partial charge on any atom is 0.349 e. The lowest BCUT2D eigenvalue weighted by Gasteiger charge is -2.01. The summed E-state index contributed by atoms with van der Waals surface area (Å²) in [7, 11) is -3.62. The molecule has 0 fully saturated rings. The Balaban J connectivity index is 3.37. The van der Waals surface area contributed by atoms with Gasteiger partial charge >= 0.3 is 10.2 Å². The third kappa shape index (κ3) is 1.97. The summed E-state index contributed by atoms with van der Waals surface area (Å²) in [4.78, 5) is 3.26. The van der Waals surface area contributed by atoms with Crippen molar-refractivity contribution in [3.8, 4) is 11.8 Å². The molecule has 0 bridgehead atoms. The van der Waals surface area contributed by atoms with E-state index < -0.39 is 15.2 Å². The van der Waals surface area contributed by atoms with Crippen molar-refractivity contribution in [2.75, 3.05) is 7.11 Å². The first-order chi connectivity index (χ1) is 6.49. The zero-order valence-corrected chi connectivity index (χ0v) is 7.88. The van der Waals surface area contributed by atoms with Crippen molar-refractivity contribution in [2.24, 2.45) is 0 Å². The van der Waals surface area contributed by atoms with Gasteiger partial charge in [0.15, 0.2) is 5.03 Å². The highest BCUT2D eigenvalue weighted by atomic mass is 32.3. The van der Waals surface area contributed by atoms with E-state index in [1.54, 1.807) is 6.07 Å². The Hall–Kier alpha value is -1.68. The van der Waals surface area contributed by atoms with Crippen LogP contribution >= 0.6 is 0 Å². The largest absolute Gasteiger partial charge is 0.495 e. The molecule has 0 saturated carbocycles. The molecule has 1 rings (SSSR count). The molecule has 1 heterocycles. The van der Waals surface area contributed by atoms with Crippen LogP contribution in [0.3, 0.4) is 0 Å². The molecule has 0 aliphatic heterocycles. The van der Waals surface area contributed by atoms with E-state index in [0.717, 1.165) is 12.3 Å². The molecule has 1 aromatic heterocycles. The summed E-state index contributed by atoms with van der Waals surface area (Å²) in [5.41, 5.74) is 0.0416. The van der Waals surface area contributed by atoms with Crippen molar-refractivity contribution in [1.29, 1.82) is 5.26 Å². The minimum atomic E-state index is -4.86. The van der Waals surface area contributed by atoms with Gasteiger partial charge in [0.2, 0.25) is 0 Å². The molecule has 0 saturated heterocycles. The van der Waals surface area contributed by atoms with Crippen LogP contribution in [0.25, 0.3) is 0 Å². The van der Waals surface area contributed by atoms with Gasteiger partial charge in [-0.05, 0) is 0 Å². The lowest BCUT2D eigenvalue weighted by molar-refractivity contribution is 0.410. The number of rotatable bonds is 2. The number of hydrogen-bond donors (Lipinski definition) is 0. The quantitative estimate of drug-likeness (QED) is 0.677. The van der Waals surface area contributed by atoms with Crippen LogP contribution < -0.4 is 4.74 Å². The lowest BCUT2D eigenvalue weighted by atomic mass is 10.3. The number of methoxy groups -OCH3 is 1. The van der Waals surface area contributed by atoms with Gasteiger partial charge in [-0.25, -0.2) is 4.98 Å². The average Bonchev–Trinajstić information content (AvgIpc) is 2.15. The molecule has 0 aromatic carbocycles. The Morgan fingerprint density at radius 1 is 1.64 bits per heavy atom. The topological polar surface area (TPSA) is 80.1 Å². The van der Waals surface area contributed by atoms with E-state index in [9.17, 15) is 12.3 Å². The SMILES string of the molecule is COc1cc(S(=O)(=O)F)ncc1C#N. The van der Waals surface area contributed by atoms with Crippen molar-refractivity contribution in [2.45, 2.75) is 5.03 Å². The van der Waals surface area contributed by atoms with Gasteiger partial charge in [0.05, 0.1) is 13.3 Å². The monoisotopic (exact) mass is 216 g/mol. The first-order valence-electron chi connectivity index (χ1n) is 3.38. The molecule has 0 N–H and O–H groups in total. The van der Waals surface area contributed by atoms with Crippen molar-refractivity contribution in [1.82, 2.24) is 4.98 Å². The molecule has 5 nitrogen and oxygen atoms in total. The highest BCUT2D eigenvalue weighted by Crippen LogP contribution is 2.20. The number of ether oxygens (including phenoxy) is 1. The lowest BCUT2D eigenvalue weighted by Crippen LogP contribution is -1.98. The van der Waals surface area contributed by atoms with Crippen LogP contribution in [0.2, 0.25) is 0 Å². The summed E-state index contributed by atoms with van der Waals surface area (Å²) in [6.45, 7) is 0. The van der Waals surface area contributed by atoms with E-state index in [1.807, 2.05) is 0 Å². The van der Waals surface area contributed by atoms with Crippen molar-refractivity contribution in [3.05, 3.63) is 17.8 Å². The summed E-state index contributed by atoms with van der Waals surface area (Å²) >= 11 is 0. The molecule has 0 aliphatic rings. The second-order valence-electron chi connectivity index (χ2n) is 2.27. The molecule has 0 radical (unpaired) electrons. The molecular formula is C7H5FN2O3S. The molecule has 0 atom stereocenters. The van der Waals surface area contributed by atoms with Crippen molar-refractivity contribution in [3.63, 3.8) is 0 Å². The van der Waals surface area contributed by atoms with Crippen molar-refractivity contribution < 1.29 is 17.0 Å². The van der Waals surface area contributed by atoms with E-state index in [4.69, 9.17) is 5.26 Å². The molecule has 74 valence electrons. The van der Waals surface area contributed by atoms with Gasteiger partial charge in [-0.3, -0.25) is 0 Å². The third-order valence-corrected chi connectivity index (χ3v) is 2.15. The van der Waals surface area contributed by atoms with Gasteiger partial charge in [0.25, 0.3) is 0 Å². The molecule has 0 amide bonds. The van der Waals surface area contributed by atoms with Crippen LogP contribution in [-0.2, 0) is 10.2 Å². The Labute approximate surface area is 80.0 Å². The maximum atomic E-state index is 12.4. The summed E-state index contributed by atoms with van der Waals surface area (Å²) in [5.74, 6) is -0.0290.